The van der Waals surface area contributed by atoms with Gasteiger partial charge in [0.15, 0.2) is 0 Å². The molecule has 1 radical (unpaired) electrons. The Labute approximate surface area is 197 Å². The number of carbonyl (C=O) groups excluding carboxylic acids is 1. The van der Waals surface area contributed by atoms with Crippen LogP contribution < -0.4 is 5.32 Å². The van der Waals surface area contributed by atoms with Crippen LogP contribution in [-0.2, 0) is 0 Å². The molecule has 0 bridgehead atoms. The van der Waals surface area contributed by atoms with Crippen LogP contribution >= 0.6 is 0 Å². The largest absolute Gasteiger partial charge is 0.395 e. The first-order chi connectivity index (χ1) is 16.7. The Balaban J connectivity index is 1.64. The van der Waals surface area contributed by atoms with Gasteiger partial charge in [0.1, 0.15) is 0 Å². The van der Waals surface area contributed by atoms with E-state index >= 15 is 0 Å². The number of pyridine rings is 2. The molecular weight excluding hydrogens is 422 g/mol. The maximum atomic E-state index is 12.2. The van der Waals surface area contributed by atoms with Crippen molar-refractivity contribution in [3.8, 4) is 33.6 Å². The molecule has 5 heteroatoms. The molecule has 2 heterocycles. The number of amides is 1. The Hall–Kier alpha value is -4.35. The molecule has 3 aromatic carbocycles. The number of aliphatic hydroxyl groups excluding tert-OH is 1. The zero-order valence-corrected chi connectivity index (χ0v) is 18.4. The van der Waals surface area contributed by atoms with E-state index < -0.39 is 0 Å². The zero-order chi connectivity index (χ0) is 23.3. The summed E-state index contributed by atoms with van der Waals surface area (Å²) in [5.41, 5.74) is 7.10. The molecule has 5 rings (SSSR count). The van der Waals surface area contributed by atoms with Gasteiger partial charge in [-0.05, 0) is 35.9 Å². The van der Waals surface area contributed by atoms with Crippen LogP contribution in [0.4, 0.5) is 0 Å². The van der Waals surface area contributed by atoms with Gasteiger partial charge >= 0.3 is 0 Å². The van der Waals surface area contributed by atoms with Crippen molar-refractivity contribution in [2.24, 2.45) is 0 Å². The summed E-state index contributed by atoms with van der Waals surface area (Å²) in [6.45, 7) is 0.130. The van der Waals surface area contributed by atoms with Gasteiger partial charge in [-0.3, -0.25) is 9.78 Å². The summed E-state index contributed by atoms with van der Waals surface area (Å²) in [5, 5.41) is 12.5. The lowest BCUT2D eigenvalue weighted by Gasteiger charge is -2.14. The number of hydrogen-bond donors (Lipinski definition) is 2. The highest BCUT2D eigenvalue weighted by molar-refractivity contribution is 5.99. The predicted molar refractivity (Wildman–Crippen MR) is 134 cm³/mol. The van der Waals surface area contributed by atoms with Gasteiger partial charge in [-0.25, -0.2) is 4.98 Å². The van der Waals surface area contributed by atoms with Gasteiger partial charge in [0.25, 0.3) is 5.91 Å². The standard InChI is InChI=1S/C29H22N3O2/c33-18-17-31-29(34)23-13-11-22(12-14-23)27-25-19-24(20-7-3-1-4-8-20)28(21-9-5-2-6-10-21)32-26(25)15-16-30-27/h1,3-16,19,33H,17-18H2,(H,31,34). The fourth-order valence-corrected chi connectivity index (χ4v) is 3.98. The normalized spacial score (nSPS) is 10.9. The monoisotopic (exact) mass is 444 g/mol. The minimum Gasteiger partial charge on any atom is -0.395 e. The first kappa shape index (κ1) is 21.5. The Morgan fingerprint density at radius 3 is 2.32 bits per heavy atom. The van der Waals surface area contributed by atoms with Crippen LogP contribution in [0.25, 0.3) is 44.5 Å². The molecule has 1 amide bonds. The third-order valence-corrected chi connectivity index (χ3v) is 5.64. The van der Waals surface area contributed by atoms with E-state index in [-0.39, 0.29) is 19.1 Å². The number of aliphatic hydroxyl groups is 1. The van der Waals surface area contributed by atoms with E-state index in [9.17, 15) is 4.79 Å². The number of nitrogens with one attached hydrogen (secondary N) is 1. The number of hydrogen-bond acceptors (Lipinski definition) is 4. The van der Waals surface area contributed by atoms with Crippen LogP contribution in [0.2, 0.25) is 0 Å². The van der Waals surface area contributed by atoms with Gasteiger partial charge in [0, 0.05) is 40.4 Å². The molecule has 0 aliphatic rings. The fourth-order valence-electron chi connectivity index (χ4n) is 3.98. The van der Waals surface area contributed by atoms with Gasteiger partial charge < -0.3 is 10.4 Å². The van der Waals surface area contributed by atoms with E-state index in [4.69, 9.17) is 10.1 Å². The van der Waals surface area contributed by atoms with Crippen LogP contribution in [0.1, 0.15) is 10.4 Å². The molecule has 5 aromatic rings. The minimum atomic E-state index is -0.218. The average molecular weight is 445 g/mol. The molecule has 0 spiro atoms. The average Bonchev–Trinajstić information content (AvgIpc) is 2.91. The highest BCUT2D eigenvalue weighted by Crippen LogP contribution is 2.36. The van der Waals surface area contributed by atoms with E-state index in [0.717, 1.165) is 44.5 Å². The predicted octanol–water partition coefficient (Wildman–Crippen LogP) is 5.15. The Kier molecular flexibility index (Phi) is 6.10. The molecule has 0 atom stereocenters. The zero-order valence-electron chi connectivity index (χ0n) is 18.4. The van der Waals surface area contributed by atoms with Crippen molar-refractivity contribution in [2.75, 3.05) is 13.2 Å². The number of benzene rings is 3. The van der Waals surface area contributed by atoms with Crippen molar-refractivity contribution in [3.05, 3.63) is 109 Å². The molecule has 0 unspecified atom stereocenters. The van der Waals surface area contributed by atoms with Crippen molar-refractivity contribution in [1.82, 2.24) is 15.3 Å². The lowest BCUT2D eigenvalue weighted by molar-refractivity contribution is 0.0945. The number of fused-ring (bicyclic) bond motifs is 1. The SMILES string of the molecule is O=C(NCCO)c1ccc(-c2nccc3nc(-c4cc[c]cc4)c(-c4ccccc4)cc23)cc1. The highest BCUT2D eigenvalue weighted by Gasteiger charge is 2.15. The van der Waals surface area contributed by atoms with Gasteiger partial charge in [-0.1, -0.05) is 66.7 Å². The summed E-state index contributed by atoms with van der Waals surface area (Å²) >= 11 is 0. The Bertz CT molecular complexity index is 1430. The number of aromatic nitrogens is 2. The van der Waals surface area contributed by atoms with E-state index in [1.54, 1.807) is 18.3 Å². The van der Waals surface area contributed by atoms with E-state index in [2.05, 4.69) is 34.6 Å². The van der Waals surface area contributed by atoms with Crippen molar-refractivity contribution in [1.29, 1.82) is 0 Å². The third-order valence-electron chi connectivity index (χ3n) is 5.64. The van der Waals surface area contributed by atoms with E-state index in [1.165, 1.54) is 0 Å². The van der Waals surface area contributed by atoms with E-state index in [0.29, 0.717) is 5.56 Å². The van der Waals surface area contributed by atoms with Gasteiger partial charge in [0.05, 0.1) is 23.5 Å². The van der Waals surface area contributed by atoms with Crippen LogP contribution in [0, 0.1) is 6.07 Å². The molecule has 0 saturated heterocycles. The molecule has 5 nitrogen and oxygen atoms in total. The molecule has 165 valence electrons. The first-order valence-electron chi connectivity index (χ1n) is 11.1. The van der Waals surface area contributed by atoms with Crippen LogP contribution in [0.3, 0.4) is 0 Å². The second kappa shape index (κ2) is 9.65. The van der Waals surface area contributed by atoms with Gasteiger partial charge in [0.2, 0.25) is 0 Å². The topological polar surface area (TPSA) is 75.1 Å². The summed E-state index contributed by atoms with van der Waals surface area (Å²) in [7, 11) is 0. The van der Waals surface area contributed by atoms with Crippen LogP contribution in [0.15, 0.2) is 97.2 Å². The number of carbonyl (C=O) groups is 1. The van der Waals surface area contributed by atoms with Crippen molar-refractivity contribution in [2.45, 2.75) is 0 Å². The van der Waals surface area contributed by atoms with E-state index in [1.807, 2.05) is 60.7 Å². The van der Waals surface area contributed by atoms with Crippen LogP contribution in [0.5, 0.6) is 0 Å². The molecule has 0 saturated carbocycles. The molecular formula is C29H22N3O2. The second-order valence-corrected chi connectivity index (χ2v) is 7.82. The fraction of sp³-hybridized carbons (Fsp3) is 0.0690. The maximum absolute atomic E-state index is 12.2. The molecule has 2 aromatic heterocycles. The molecule has 2 N–H and O–H groups in total. The third kappa shape index (κ3) is 4.29. The number of rotatable bonds is 6. The summed E-state index contributed by atoms with van der Waals surface area (Å²) < 4.78 is 0. The minimum absolute atomic E-state index is 0.0935. The second-order valence-electron chi connectivity index (χ2n) is 7.82. The lowest BCUT2D eigenvalue weighted by atomic mass is 9.96. The lowest BCUT2D eigenvalue weighted by Crippen LogP contribution is -2.26. The van der Waals surface area contributed by atoms with Gasteiger partial charge in [-0.15, -0.1) is 0 Å². The highest BCUT2D eigenvalue weighted by atomic mass is 16.3. The maximum Gasteiger partial charge on any atom is 0.251 e. The number of nitrogens with zero attached hydrogens (tertiary/aromatic N) is 2. The molecule has 0 aliphatic heterocycles. The summed E-state index contributed by atoms with van der Waals surface area (Å²) in [4.78, 5) is 21.9. The van der Waals surface area contributed by atoms with Gasteiger partial charge in [-0.2, -0.15) is 0 Å². The van der Waals surface area contributed by atoms with Crippen molar-refractivity contribution in [3.63, 3.8) is 0 Å². The first-order valence-corrected chi connectivity index (χ1v) is 11.1. The van der Waals surface area contributed by atoms with Crippen LogP contribution in [-0.4, -0.2) is 34.1 Å². The summed E-state index contributed by atoms with van der Waals surface area (Å²) in [5.74, 6) is -0.218. The Morgan fingerprint density at radius 2 is 1.59 bits per heavy atom. The smallest absolute Gasteiger partial charge is 0.251 e. The quantitative estimate of drug-likeness (QED) is 0.380. The summed E-state index contributed by atoms with van der Waals surface area (Å²) in [6, 6.07) is 32.5. The molecule has 0 fully saturated rings. The molecule has 0 aliphatic carbocycles. The Morgan fingerprint density at radius 1 is 0.853 bits per heavy atom. The summed E-state index contributed by atoms with van der Waals surface area (Å²) in [6.07, 6.45) is 1.76. The van der Waals surface area contributed by atoms with Crippen molar-refractivity contribution < 1.29 is 9.90 Å². The molecule has 34 heavy (non-hydrogen) atoms. The van der Waals surface area contributed by atoms with Crippen molar-refractivity contribution >= 4 is 16.8 Å².